The van der Waals surface area contributed by atoms with Crippen LogP contribution >= 0.6 is 11.6 Å². The predicted molar refractivity (Wildman–Crippen MR) is 81.1 cm³/mol. The Morgan fingerprint density at radius 2 is 2.00 bits per heavy atom. The molecule has 0 aliphatic carbocycles. The van der Waals surface area contributed by atoms with Crippen LogP contribution in [-0.4, -0.2) is 41.1 Å². The van der Waals surface area contributed by atoms with Crippen molar-refractivity contribution in [2.75, 3.05) is 26.7 Å². The van der Waals surface area contributed by atoms with Gasteiger partial charge in [0.1, 0.15) is 0 Å². The Kier molecular flexibility index (Phi) is 7.10. The van der Waals surface area contributed by atoms with Crippen LogP contribution in [0.3, 0.4) is 0 Å². The van der Waals surface area contributed by atoms with E-state index in [-0.39, 0.29) is 22.0 Å². The molecule has 0 spiro atoms. The first-order valence-corrected chi connectivity index (χ1v) is 8.36. The van der Waals surface area contributed by atoms with Gasteiger partial charge in [0.15, 0.2) is 0 Å². The van der Waals surface area contributed by atoms with Gasteiger partial charge in [0.05, 0.1) is 17.6 Å². The number of halogens is 1. The fraction of sp³-hybridized carbons (Fsp3) is 0.462. The van der Waals surface area contributed by atoms with Crippen LogP contribution in [0.4, 0.5) is 0 Å². The van der Waals surface area contributed by atoms with Crippen molar-refractivity contribution in [3.05, 3.63) is 28.8 Å². The van der Waals surface area contributed by atoms with E-state index < -0.39 is 16.0 Å². The van der Waals surface area contributed by atoms with Crippen LogP contribution < -0.4 is 10.0 Å². The number of sulfonamides is 1. The molecule has 118 valence electrons. The number of rotatable bonds is 8. The Labute approximate surface area is 129 Å². The van der Waals surface area contributed by atoms with E-state index in [1.165, 1.54) is 25.3 Å². The molecule has 8 heteroatoms. The lowest BCUT2D eigenvalue weighted by molar-refractivity contribution is 0.0596. The highest BCUT2D eigenvalue weighted by Crippen LogP contribution is 2.21. The summed E-state index contributed by atoms with van der Waals surface area (Å²) in [5.41, 5.74) is -0.0842. The molecule has 0 radical (unpaired) electrons. The second kappa shape index (κ2) is 8.33. The van der Waals surface area contributed by atoms with Gasteiger partial charge in [-0.25, -0.2) is 17.9 Å². The molecule has 2 N–H and O–H groups in total. The number of nitrogens with one attached hydrogen (secondary N) is 2. The summed E-state index contributed by atoms with van der Waals surface area (Å²) in [6, 6.07) is 3.98. The monoisotopic (exact) mass is 334 g/mol. The third-order valence-corrected chi connectivity index (χ3v) is 4.41. The Morgan fingerprint density at radius 1 is 1.29 bits per heavy atom. The molecule has 0 atom stereocenters. The van der Waals surface area contributed by atoms with Crippen molar-refractivity contribution in [3.63, 3.8) is 0 Å². The summed E-state index contributed by atoms with van der Waals surface area (Å²) in [4.78, 5) is 11.5. The van der Waals surface area contributed by atoms with Gasteiger partial charge in [0, 0.05) is 18.1 Å². The second-order valence-corrected chi connectivity index (χ2v) is 6.45. The fourth-order valence-corrected chi connectivity index (χ4v) is 3.04. The van der Waals surface area contributed by atoms with Gasteiger partial charge in [-0.15, -0.1) is 0 Å². The smallest absolute Gasteiger partial charge is 0.339 e. The van der Waals surface area contributed by atoms with Crippen molar-refractivity contribution in [3.8, 4) is 0 Å². The molecule has 0 unspecified atom stereocenters. The molecule has 0 heterocycles. The van der Waals surface area contributed by atoms with Gasteiger partial charge in [-0.1, -0.05) is 18.5 Å². The van der Waals surface area contributed by atoms with Gasteiger partial charge in [0.25, 0.3) is 0 Å². The first kappa shape index (κ1) is 17.9. The zero-order valence-corrected chi connectivity index (χ0v) is 13.6. The summed E-state index contributed by atoms with van der Waals surface area (Å²) in [6.45, 7) is 3.57. The highest BCUT2D eigenvalue weighted by molar-refractivity contribution is 7.89. The number of methoxy groups -OCH3 is 1. The average molecular weight is 335 g/mol. The zero-order valence-electron chi connectivity index (χ0n) is 12.0. The Hall–Kier alpha value is -1.15. The molecule has 0 fully saturated rings. The van der Waals surface area contributed by atoms with Crippen LogP contribution in [0, 0.1) is 0 Å². The highest BCUT2D eigenvalue weighted by Gasteiger charge is 2.22. The summed E-state index contributed by atoms with van der Waals surface area (Å²) in [5.74, 6) is -0.748. The van der Waals surface area contributed by atoms with E-state index >= 15 is 0 Å². The number of carbonyl (C=O) groups excluding carboxylic acids is 1. The molecule has 0 aliphatic rings. The number of carbonyl (C=O) groups is 1. The molecule has 1 aromatic carbocycles. The average Bonchev–Trinajstić information content (AvgIpc) is 2.45. The van der Waals surface area contributed by atoms with E-state index in [0.717, 1.165) is 13.0 Å². The fourth-order valence-electron chi connectivity index (χ4n) is 1.66. The normalized spacial score (nSPS) is 11.4. The van der Waals surface area contributed by atoms with Gasteiger partial charge in [-0.3, -0.25) is 0 Å². The van der Waals surface area contributed by atoms with Crippen molar-refractivity contribution in [2.45, 2.75) is 18.2 Å². The van der Waals surface area contributed by atoms with Gasteiger partial charge in [-0.2, -0.15) is 0 Å². The maximum Gasteiger partial charge on any atom is 0.339 e. The SMILES string of the molecule is CCCNCCNS(=O)(=O)c1ccc(Cl)cc1C(=O)OC. The van der Waals surface area contributed by atoms with Crippen molar-refractivity contribution in [2.24, 2.45) is 0 Å². The largest absolute Gasteiger partial charge is 0.465 e. The van der Waals surface area contributed by atoms with Crippen molar-refractivity contribution >= 4 is 27.6 Å². The first-order valence-electron chi connectivity index (χ1n) is 6.50. The molecule has 21 heavy (non-hydrogen) atoms. The number of hydrogen-bond acceptors (Lipinski definition) is 5. The Morgan fingerprint density at radius 3 is 2.62 bits per heavy atom. The van der Waals surface area contributed by atoms with Crippen molar-refractivity contribution < 1.29 is 17.9 Å². The van der Waals surface area contributed by atoms with Gasteiger partial charge in [0.2, 0.25) is 10.0 Å². The summed E-state index contributed by atoms with van der Waals surface area (Å²) in [7, 11) is -2.62. The van der Waals surface area contributed by atoms with Gasteiger partial charge >= 0.3 is 5.97 Å². The van der Waals surface area contributed by atoms with E-state index in [1.54, 1.807) is 0 Å². The second-order valence-electron chi connectivity index (χ2n) is 4.28. The lowest BCUT2D eigenvalue weighted by atomic mass is 10.2. The highest BCUT2D eigenvalue weighted by atomic mass is 35.5. The predicted octanol–water partition coefficient (Wildman–Crippen LogP) is 1.40. The minimum absolute atomic E-state index is 0.0842. The van der Waals surface area contributed by atoms with Crippen molar-refractivity contribution in [1.29, 1.82) is 0 Å². The minimum Gasteiger partial charge on any atom is -0.465 e. The third kappa shape index (κ3) is 5.28. The Bertz CT molecular complexity index is 590. The molecule has 0 aliphatic heterocycles. The molecule has 0 aromatic heterocycles. The summed E-state index contributed by atoms with van der Waals surface area (Å²) in [5, 5.41) is 3.34. The zero-order chi connectivity index (χ0) is 15.9. The molecular weight excluding hydrogens is 316 g/mol. The van der Waals surface area contributed by atoms with Crippen LogP contribution in [0.2, 0.25) is 5.02 Å². The van der Waals surface area contributed by atoms with E-state index in [1.807, 2.05) is 6.92 Å². The molecule has 6 nitrogen and oxygen atoms in total. The van der Waals surface area contributed by atoms with Crippen LogP contribution in [0.15, 0.2) is 23.1 Å². The quantitative estimate of drug-likeness (QED) is 0.554. The molecule has 1 rings (SSSR count). The van der Waals surface area contributed by atoms with Gasteiger partial charge in [-0.05, 0) is 31.2 Å². The molecule has 1 aromatic rings. The molecule has 0 saturated heterocycles. The lowest BCUT2D eigenvalue weighted by Crippen LogP contribution is -2.33. The standard InChI is InChI=1S/C13H19ClN2O4S/c1-3-6-15-7-8-16-21(18,19)12-5-4-10(14)9-11(12)13(17)20-2/h4-5,9,15-16H,3,6-8H2,1-2H3. The van der Waals surface area contributed by atoms with E-state index in [4.69, 9.17) is 11.6 Å². The summed E-state index contributed by atoms with van der Waals surface area (Å²) >= 11 is 5.80. The summed E-state index contributed by atoms with van der Waals surface area (Å²) < 4.78 is 31.5. The number of esters is 1. The number of ether oxygens (including phenoxy) is 1. The Balaban J connectivity index is 2.90. The first-order chi connectivity index (χ1) is 9.92. The summed E-state index contributed by atoms with van der Waals surface area (Å²) in [6.07, 6.45) is 0.969. The topological polar surface area (TPSA) is 84.5 Å². The van der Waals surface area contributed by atoms with E-state index in [2.05, 4.69) is 14.8 Å². The van der Waals surface area contributed by atoms with Crippen molar-refractivity contribution in [1.82, 2.24) is 10.0 Å². The number of hydrogen-bond donors (Lipinski definition) is 2. The van der Waals surface area contributed by atoms with Gasteiger partial charge < -0.3 is 10.1 Å². The van der Waals surface area contributed by atoms with E-state index in [0.29, 0.717) is 6.54 Å². The third-order valence-electron chi connectivity index (χ3n) is 2.66. The lowest BCUT2D eigenvalue weighted by Gasteiger charge is -2.11. The van der Waals surface area contributed by atoms with E-state index in [9.17, 15) is 13.2 Å². The van der Waals surface area contributed by atoms with Crippen LogP contribution in [0.25, 0.3) is 0 Å². The maximum atomic E-state index is 12.2. The van der Waals surface area contributed by atoms with Crippen LogP contribution in [-0.2, 0) is 14.8 Å². The van der Waals surface area contributed by atoms with Crippen LogP contribution in [0.1, 0.15) is 23.7 Å². The molecule has 0 saturated carbocycles. The minimum atomic E-state index is -3.80. The number of benzene rings is 1. The molecule has 0 amide bonds. The van der Waals surface area contributed by atoms with Crippen LogP contribution in [0.5, 0.6) is 0 Å². The molecular formula is C13H19ClN2O4S. The maximum absolute atomic E-state index is 12.2. The molecule has 0 bridgehead atoms.